The van der Waals surface area contributed by atoms with Crippen LogP contribution in [0, 0.1) is 0 Å². The van der Waals surface area contributed by atoms with Gasteiger partial charge in [0.2, 0.25) is 0 Å². The molecule has 7 heteroatoms. The first kappa shape index (κ1) is 16.9. The van der Waals surface area contributed by atoms with Crippen LogP contribution in [0.15, 0.2) is 12.2 Å². The molecule has 0 aromatic rings. The maximum absolute atomic E-state index is 11.7. The highest BCUT2D eigenvalue weighted by molar-refractivity contribution is 5.99. The van der Waals surface area contributed by atoms with Gasteiger partial charge in [0, 0.05) is 6.08 Å². The van der Waals surface area contributed by atoms with Gasteiger partial charge < -0.3 is 9.47 Å². The summed E-state index contributed by atoms with van der Waals surface area (Å²) in [5, 5.41) is 0.463. The topological polar surface area (TPSA) is 84.9 Å². The van der Waals surface area contributed by atoms with E-state index in [0.717, 1.165) is 6.08 Å². The second kappa shape index (κ2) is 8.12. The monoisotopic (exact) mass is 272 g/mol. The summed E-state index contributed by atoms with van der Waals surface area (Å²) in [7, 11) is 0. The number of hydrazine groups is 1. The molecule has 0 aliphatic heterocycles. The van der Waals surface area contributed by atoms with Crippen LogP contribution >= 0.6 is 0 Å². The number of carbonyl (C=O) groups excluding carboxylic acids is 3. The van der Waals surface area contributed by atoms with E-state index in [1.807, 2.05) is 5.43 Å². The lowest BCUT2D eigenvalue weighted by molar-refractivity contribution is -0.127. The summed E-state index contributed by atoms with van der Waals surface area (Å²) in [4.78, 5) is 34.7. The minimum Gasteiger partial charge on any atom is -0.446 e. The zero-order valence-electron chi connectivity index (χ0n) is 11.8. The Hall–Kier alpha value is -2.05. The van der Waals surface area contributed by atoms with Gasteiger partial charge in [0.05, 0.1) is 12.2 Å². The summed E-state index contributed by atoms with van der Waals surface area (Å²) in [6, 6.07) is 0. The van der Waals surface area contributed by atoms with E-state index in [4.69, 9.17) is 9.47 Å². The van der Waals surface area contributed by atoms with Crippen LogP contribution in [0.1, 0.15) is 34.6 Å². The van der Waals surface area contributed by atoms with Crippen molar-refractivity contribution < 1.29 is 23.9 Å². The molecule has 19 heavy (non-hydrogen) atoms. The standard InChI is InChI=1S/C12H20N2O5/c1-6-7-10(15)14(12(17)19-9(4)5)13-11(16)18-8(2)3/h6-9H,1-5H3,(H,13,16)/b7-6+. The van der Waals surface area contributed by atoms with Crippen LogP contribution in [0.25, 0.3) is 0 Å². The second-order valence-corrected chi connectivity index (χ2v) is 4.17. The first-order chi connectivity index (χ1) is 8.77. The molecule has 0 unspecified atom stereocenters. The number of hydrogen-bond donors (Lipinski definition) is 1. The molecular formula is C12H20N2O5. The van der Waals surface area contributed by atoms with Crippen LogP contribution in [0.4, 0.5) is 9.59 Å². The van der Waals surface area contributed by atoms with Crippen LogP contribution in [-0.2, 0) is 14.3 Å². The lowest BCUT2D eigenvalue weighted by atomic mass is 10.5. The second-order valence-electron chi connectivity index (χ2n) is 4.17. The third-order valence-electron chi connectivity index (χ3n) is 1.59. The van der Waals surface area contributed by atoms with Crippen LogP contribution in [0.5, 0.6) is 0 Å². The molecule has 0 aromatic heterocycles. The molecule has 0 rings (SSSR count). The number of ether oxygens (including phenoxy) is 2. The van der Waals surface area contributed by atoms with Gasteiger partial charge in [0.25, 0.3) is 5.91 Å². The number of hydrogen-bond acceptors (Lipinski definition) is 5. The Bertz CT molecular complexity index is 363. The number of nitrogens with zero attached hydrogens (tertiary/aromatic N) is 1. The van der Waals surface area contributed by atoms with Gasteiger partial charge >= 0.3 is 12.2 Å². The van der Waals surface area contributed by atoms with Crippen LogP contribution < -0.4 is 5.43 Å². The zero-order chi connectivity index (χ0) is 15.0. The molecule has 0 saturated heterocycles. The Kier molecular flexibility index (Phi) is 7.25. The fourth-order valence-corrected chi connectivity index (χ4v) is 0.994. The van der Waals surface area contributed by atoms with E-state index in [2.05, 4.69) is 0 Å². The molecule has 7 nitrogen and oxygen atoms in total. The van der Waals surface area contributed by atoms with E-state index < -0.39 is 24.2 Å². The van der Waals surface area contributed by atoms with Gasteiger partial charge in [-0.05, 0) is 34.6 Å². The SMILES string of the molecule is C/C=C/C(=O)N(NC(=O)OC(C)C)C(=O)OC(C)C. The summed E-state index contributed by atoms with van der Waals surface area (Å²) in [5.41, 5.74) is 2.03. The Morgan fingerprint density at radius 1 is 1.05 bits per heavy atom. The maximum Gasteiger partial charge on any atom is 0.436 e. The van der Waals surface area contributed by atoms with Crippen molar-refractivity contribution in [1.82, 2.24) is 10.4 Å². The Morgan fingerprint density at radius 2 is 1.58 bits per heavy atom. The van der Waals surface area contributed by atoms with Gasteiger partial charge in [-0.1, -0.05) is 6.08 Å². The average Bonchev–Trinajstić information content (AvgIpc) is 2.23. The third kappa shape index (κ3) is 7.07. The lowest BCUT2D eigenvalue weighted by Crippen LogP contribution is -2.50. The average molecular weight is 272 g/mol. The molecule has 0 radical (unpaired) electrons. The fraction of sp³-hybridized carbons (Fsp3) is 0.583. The van der Waals surface area contributed by atoms with Gasteiger partial charge in [-0.2, -0.15) is 0 Å². The summed E-state index contributed by atoms with van der Waals surface area (Å²) in [6.07, 6.45) is -0.117. The Morgan fingerprint density at radius 3 is 2.00 bits per heavy atom. The normalized spacial score (nSPS) is 10.7. The van der Waals surface area contributed by atoms with Crippen LogP contribution in [0.3, 0.4) is 0 Å². The van der Waals surface area contributed by atoms with Gasteiger partial charge in [-0.3, -0.25) is 4.79 Å². The molecule has 0 spiro atoms. The first-order valence-corrected chi connectivity index (χ1v) is 5.92. The molecule has 0 fully saturated rings. The van der Waals surface area contributed by atoms with Crippen molar-refractivity contribution in [3.63, 3.8) is 0 Å². The molecular weight excluding hydrogens is 252 g/mol. The number of rotatable bonds is 3. The maximum atomic E-state index is 11.7. The van der Waals surface area contributed by atoms with Crippen molar-refractivity contribution in [3.05, 3.63) is 12.2 Å². The molecule has 0 saturated carbocycles. The van der Waals surface area contributed by atoms with Crippen LogP contribution in [0.2, 0.25) is 0 Å². The Balaban J connectivity index is 4.81. The molecule has 0 heterocycles. The van der Waals surface area contributed by atoms with Gasteiger partial charge in [0.1, 0.15) is 0 Å². The predicted molar refractivity (Wildman–Crippen MR) is 68.0 cm³/mol. The third-order valence-corrected chi connectivity index (χ3v) is 1.59. The summed E-state index contributed by atoms with van der Waals surface area (Å²) >= 11 is 0. The summed E-state index contributed by atoms with van der Waals surface area (Å²) in [5.74, 6) is -0.728. The largest absolute Gasteiger partial charge is 0.446 e. The zero-order valence-corrected chi connectivity index (χ0v) is 11.8. The molecule has 3 amide bonds. The van der Waals surface area contributed by atoms with Gasteiger partial charge in [0.15, 0.2) is 0 Å². The Labute approximate surface area is 112 Å². The van der Waals surface area contributed by atoms with E-state index in [1.54, 1.807) is 34.6 Å². The van der Waals surface area contributed by atoms with Crippen molar-refractivity contribution in [1.29, 1.82) is 0 Å². The molecule has 0 aliphatic carbocycles. The smallest absolute Gasteiger partial charge is 0.436 e. The van der Waals surface area contributed by atoms with E-state index in [-0.39, 0.29) is 6.10 Å². The molecule has 0 bridgehead atoms. The number of amides is 3. The van der Waals surface area contributed by atoms with Gasteiger partial charge in [-0.25, -0.2) is 15.0 Å². The molecule has 108 valence electrons. The minimum absolute atomic E-state index is 0.375. The van der Waals surface area contributed by atoms with Gasteiger partial charge in [-0.15, -0.1) is 5.01 Å². The van der Waals surface area contributed by atoms with Crippen LogP contribution in [-0.4, -0.2) is 35.3 Å². The van der Waals surface area contributed by atoms with Crippen molar-refractivity contribution in [2.45, 2.75) is 46.8 Å². The fourth-order valence-electron chi connectivity index (χ4n) is 0.994. The number of carbonyl (C=O) groups is 3. The highest BCUT2D eigenvalue weighted by Crippen LogP contribution is 1.99. The molecule has 0 aromatic carbocycles. The van der Waals surface area contributed by atoms with Crippen molar-refractivity contribution >= 4 is 18.1 Å². The molecule has 0 aliphatic rings. The van der Waals surface area contributed by atoms with E-state index in [9.17, 15) is 14.4 Å². The highest BCUT2D eigenvalue weighted by Gasteiger charge is 2.25. The quantitative estimate of drug-likeness (QED) is 0.627. The summed E-state index contributed by atoms with van der Waals surface area (Å²) in [6.45, 7) is 8.15. The lowest BCUT2D eigenvalue weighted by Gasteiger charge is -2.21. The van der Waals surface area contributed by atoms with Crippen molar-refractivity contribution in [3.8, 4) is 0 Å². The van der Waals surface area contributed by atoms with Crippen molar-refractivity contribution in [2.75, 3.05) is 0 Å². The number of imide groups is 1. The highest BCUT2D eigenvalue weighted by atomic mass is 16.6. The molecule has 0 atom stereocenters. The van der Waals surface area contributed by atoms with E-state index in [0.29, 0.717) is 5.01 Å². The number of nitrogens with one attached hydrogen (secondary N) is 1. The molecule has 1 N–H and O–H groups in total. The number of allylic oxidation sites excluding steroid dienone is 1. The first-order valence-electron chi connectivity index (χ1n) is 5.92. The predicted octanol–water partition coefficient (Wildman–Crippen LogP) is 1.99. The minimum atomic E-state index is -0.973. The van der Waals surface area contributed by atoms with E-state index >= 15 is 0 Å². The summed E-state index contributed by atoms with van der Waals surface area (Å²) < 4.78 is 9.64. The van der Waals surface area contributed by atoms with E-state index in [1.165, 1.54) is 6.08 Å². The van der Waals surface area contributed by atoms with Crippen molar-refractivity contribution in [2.24, 2.45) is 0 Å².